The summed E-state index contributed by atoms with van der Waals surface area (Å²) in [4.78, 5) is 23.3. The summed E-state index contributed by atoms with van der Waals surface area (Å²) in [6, 6.07) is 1.07. The Bertz CT molecular complexity index is 379. The van der Waals surface area contributed by atoms with E-state index in [1.807, 2.05) is 0 Å². The summed E-state index contributed by atoms with van der Waals surface area (Å²) in [5.41, 5.74) is 0. The van der Waals surface area contributed by atoms with Gasteiger partial charge in [-0.25, -0.2) is 0 Å². The van der Waals surface area contributed by atoms with E-state index in [1.54, 1.807) is 0 Å². The second kappa shape index (κ2) is 3.20. The number of nitriles is 1. The first kappa shape index (κ1) is 10.9. The zero-order valence-corrected chi connectivity index (χ0v) is 7.99. The minimum absolute atomic E-state index is 0.430. The van der Waals surface area contributed by atoms with Crippen LogP contribution in [0.4, 0.5) is 13.2 Å². The van der Waals surface area contributed by atoms with Crippen molar-refractivity contribution in [1.82, 2.24) is 4.90 Å². The average molecular weight is 232 g/mol. The molecule has 3 atom stereocenters. The van der Waals surface area contributed by atoms with Gasteiger partial charge in [0.05, 0.1) is 24.4 Å². The van der Waals surface area contributed by atoms with Crippen molar-refractivity contribution in [2.75, 3.05) is 6.54 Å². The first-order valence-corrected chi connectivity index (χ1v) is 4.68. The zero-order chi connectivity index (χ0) is 12.1. The molecule has 1 saturated heterocycles. The molecular weight excluding hydrogens is 225 g/mol. The van der Waals surface area contributed by atoms with Crippen LogP contribution in [0.3, 0.4) is 0 Å². The van der Waals surface area contributed by atoms with Gasteiger partial charge < -0.3 is 0 Å². The molecule has 1 aliphatic heterocycles. The van der Waals surface area contributed by atoms with Crippen LogP contribution in [0.25, 0.3) is 0 Å². The van der Waals surface area contributed by atoms with Gasteiger partial charge in [0.25, 0.3) is 0 Å². The Kier molecular flexibility index (Phi) is 2.19. The number of alkyl halides is 3. The van der Waals surface area contributed by atoms with Crippen LogP contribution in [-0.2, 0) is 9.59 Å². The molecule has 2 amide bonds. The number of carbonyl (C=O) groups excluding carboxylic acids is 2. The van der Waals surface area contributed by atoms with Gasteiger partial charge in [-0.2, -0.15) is 18.4 Å². The molecule has 0 spiro atoms. The number of hydrogen-bond donors (Lipinski definition) is 0. The van der Waals surface area contributed by atoms with Gasteiger partial charge in [-0.3, -0.25) is 14.5 Å². The Hall–Kier alpha value is -1.58. The van der Waals surface area contributed by atoms with E-state index < -0.39 is 42.3 Å². The summed E-state index contributed by atoms with van der Waals surface area (Å²) in [7, 11) is 0. The van der Waals surface area contributed by atoms with Crippen LogP contribution in [0, 0.1) is 29.1 Å². The van der Waals surface area contributed by atoms with Gasteiger partial charge in [0.2, 0.25) is 11.8 Å². The molecule has 0 bridgehead atoms. The molecule has 1 saturated carbocycles. The Morgan fingerprint density at radius 3 is 2.25 bits per heavy atom. The number of nitrogens with zero attached hydrogens (tertiary/aromatic N) is 2. The van der Waals surface area contributed by atoms with Crippen molar-refractivity contribution in [1.29, 1.82) is 5.26 Å². The minimum atomic E-state index is -4.71. The van der Waals surface area contributed by atoms with Crippen molar-refractivity contribution in [2.45, 2.75) is 12.6 Å². The van der Waals surface area contributed by atoms with Crippen molar-refractivity contribution in [3.05, 3.63) is 0 Å². The second-order valence-corrected chi connectivity index (χ2v) is 3.96. The molecule has 1 aliphatic carbocycles. The number of carbonyl (C=O) groups is 2. The largest absolute Gasteiger partial charge is 0.406 e. The lowest BCUT2D eigenvalue weighted by Crippen LogP contribution is -2.41. The third kappa shape index (κ3) is 1.54. The van der Waals surface area contributed by atoms with E-state index in [0.717, 1.165) is 6.07 Å². The highest BCUT2D eigenvalue weighted by Gasteiger charge is 2.60. The highest BCUT2D eigenvalue weighted by atomic mass is 19.4. The summed E-state index contributed by atoms with van der Waals surface area (Å²) < 4.78 is 36.8. The van der Waals surface area contributed by atoms with Crippen LogP contribution in [0.15, 0.2) is 0 Å². The summed E-state index contributed by atoms with van der Waals surface area (Å²) in [6.07, 6.45) is -4.26. The van der Waals surface area contributed by atoms with Crippen LogP contribution in [0.2, 0.25) is 0 Å². The predicted molar refractivity (Wildman–Crippen MR) is 43.5 cm³/mol. The Balaban J connectivity index is 2.08. The lowest BCUT2D eigenvalue weighted by molar-refractivity contribution is -0.167. The van der Waals surface area contributed by atoms with Crippen molar-refractivity contribution in [3.8, 4) is 6.07 Å². The molecule has 2 rings (SSSR count). The van der Waals surface area contributed by atoms with E-state index in [1.165, 1.54) is 0 Å². The van der Waals surface area contributed by atoms with Crippen LogP contribution < -0.4 is 0 Å². The minimum Gasteiger partial charge on any atom is -0.280 e. The topological polar surface area (TPSA) is 61.2 Å². The second-order valence-electron chi connectivity index (χ2n) is 3.96. The van der Waals surface area contributed by atoms with Crippen LogP contribution >= 0.6 is 0 Å². The van der Waals surface area contributed by atoms with Gasteiger partial charge in [0.1, 0.15) is 0 Å². The molecule has 4 nitrogen and oxygen atoms in total. The molecule has 2 aliphatic rings. The smallest absolute Gasteiger partial charge is 0.280 e. The van der Waals surface area contributed by atoms with Crippen molar-refractivity contribution in [2.24, 2.45) is 17.8 Å². The fourth-order valence-electron chi connectivity index (χ4n) is 1.83. The molecule has 0 N–H and O–H groups in total. The van der Waals surface area contributed by atoms with Gasteiger partial charge in [-0.05, 0) is 6.42 Å². The predicted octanol–water partition coefficient (Wildman–Crippen LogP) is 0.693. The van der Waals surface area contributed by atoms with Crippen LogP contribution in [0.5, 0.6) is 0 Å². The molecule has 0 aromatic carbocycles. The summed E-state index contributed by atoms with van der Waals surface area (Å²) in [6.45, 7) is -0.870. The van der Waals surface area contributed by atoms with Crippen molar-refractivity contribution >= 4 is 11.8 Å². The highest BCUT2D eigenvalue weighted by molar-refractivity contribution is 6.08. The summed E-state index contributed by atoms with van der Waals surface area (Å²) >= 11 is 0. The molecule has 0 aromatic rings. The standard InChI is InChI=1S/C9H7F3N2O2/c10-9(11,12)4(2-13)3-14-7(15)5-1-6(5)8(14)16/h4-6H,1,3H2. The van der Waals surface area contributed by atoms with E-state index in [9.17, 15) is 22.8 Å². The molecular formula is C9H7F3N2O2. The summed E-state index contributed by atoms with van der Waals surface area (Å²) in [5, 5.41) is 8.35. The maximum absolute atomic E-state index is 12.3. The maximum atomic E-state index is 12.3. The molecule has 0 aromatic heterocycles. The molecule has 86 valence electrons. The van der Waals surface area contributed by atoms with Crippen LogP contribution in [-0.4, -0.2) is 29.4 Å². The molecule has 3 unspecified atom stereocenters. The fourth-order valence-corrected chi connectivity index (χ4v) is 1.83. The average Bonchev–Trinajstić information content (AvgIpc) is 2.90. The van der Waals surface area contributed by atoms with Gasteiger partial charge in [-0.15, -0.1) is 0 Å². The maximum Gasteiger partial charge on any atom is 0.406 e. The van der Waals surface area contributed by atoms with Crippen LogP contribution in [0.1, 0.15) is 6.42 Å². The van der Waals surface area contributed by atoms with Crippen molar-refractivity contribution in [3.63, 3.8) is 0 Å². The Labute approximate surface area is 88.6 Å². The van der Waals surface area contributed by atoms with E-state index in [4.69, 9.17) is 5.26 Å². The van der Waals surface area contributed by atoms with E-state index in [-0.39, 0.29) is 0 Å². The third-order valence-electron chi connectivity index (χ3n) is 2.87. The Morgan fingerprint density at radius 2 is 1.88 bits per heavy atom. The molecule has 0 radical (unpaired) electrons. The highest BCUT2D eigenvalue weighted by Crippen LogP contribution is 2.47. The number of fused-ring (bicyclic) bond motifs is 1. The van der Waals surface area contributed by atoms with Gasteiger partial charge in [-0.1, -0.05) is 0 Å². The lowest BCUT2D eigenvalue weighted by Gasteiger charge is -2.20. The molecule has 7 heteroatoms. The number of rotatable bonds is 2. The SMILES string of the molecule is N#CC(CN1C(=O)C2CC2C1=O)C(F)(F)F. The monoisotopic (exact) mass is 232 g/mol. The van der Waals surface area contributed by atoms with E-state index in [2.05, 4.69) is 0 Å². The van der Waals surface area contributed by atoms with E-state index in [0.29, 0.717) is 11.3 Å². The van der Waals surface area contributed by atoms with E-state index >= 15 is 0 Å². The fraction of sp³-hybridized carbons (Fsp3) is 0.667. The normalized spacial score (nSPS) is 30.0. The summed E-state index contributed by atoms with van der Waals surface area (Å²) in [5.74, 6) is -4.29. The molecule has 2 fully saturated rings. The zero-order valence-electron chi connectivity index (χ0n) is 7.99. The lowest BCUT2D eigenvalue weighted by atomic mass is 10.1. The third-order valence-corrected chi connectivity index (χ3v) is 2.87. The quantitative estimate of drug-likeness (QED) is 0.658. The number of hydrogen-bond acceptors (Lipinski definition) is 3. The number of amides is 2. The first-order chi connectivity index (χ1) is 7.36. The number of halogens is 3. The first-order valence-electron chi connectivity index (χ1n) is 4.68. The van der Waals surface area contributed by atoms with Gasteiger partial charge in [0.15, 0.2) is 5.92 Å². The van der Waals surface area contributed by atoms with Crippen molar-refractivity contribution < 1.29 is 22.8 Å². The number of likely N-dealkylation sites (tertiary alicyclic amines) is 1. The number of imide groups is 1. The molecule has 1 heterocycles. The Morgan fingerprint density at radius 1 is 1.38 bits per heavy atom. The van der Waals surface area contributed by atoms with Gasteiger partial charge >= 0.3 is 6.18 Å². The van der Waals surface area contributed by atoms with Gasteiger partial charge in [0, 0.05) is 0 Å². The molecule has 16 heavy (non-hydrogen) atoms. The number of piperidine rings is 1.